The molecule has 0 saturated heterocycles. The maximum absolute atomic E-state index is 12.1. The summed E-state index contributed by atoms with van der Waals surface area (Å²) in [4.78, 5) is 13.9. The van der Waals surface area contributed by atoms with Gasteiger partial charge in [0, 0.05) is 13.6 Å². The molecule has 1 aliphatic carbocycles. The van der Waals surface area contributed by atoms with Crippen molar-refractivity contribution in [1.29, 1.82) is 0 Å². The number of nitrogens with two attached hydrogens (primary N) is 1. The summed E-state index contributed by atoms with van der Waals surface area (Å²) in [5, 5.41) is 0. The molecule has 1 saturated carbocycles. The monoisotopic (exact) mass is 246 g/mol. The minimum absolute atomic E-state index is 0.0537. The molecule has 1 aliphatic rings. The fourth-order valence-corrected chi connectivity index (χ4v) is 2.33. The quantitative estimate of drug-likeness (QED) is 0.859. The summed E-state index contributed by atoms with van der Waals surface area (Å²) in [7, 11) is 1.86. The van der Waals surface area contributed by atoms with Crippen LogP contribution in [-0.2, 0) is 11.2 Å². The lowest BCUT2D eigenvalue weighted by Crippen LogP contribution is -2.43. The van der Waals surface area contributed by atoms with E-state index < -0.39 is 6.04 Å². The van der Waals surface area contributed by atoms with Crippen molar-refractivity contribution in [2.75, 3.05) is 13.6 Å². The van der Waals surface area contributed by atoms with E-state index in [1.165, 1.54) is 6.42 Å². The standard InChI is InChI=1S/C15H22N2O/c1-11-8-13(11)10-17(2)15(18)14(16)9-12-6-4-3-5-7-12/h3-7,11,13-14H,8-10,16H2,1-2H3/t11?,13?,14-/m0/s1. The highest BCUT2D eigenvalue weighted by Gasteiger charge is 2.34. The number of hydrogen-bond donors (Lipinski definition) is 1. The van der Waals surface area contributed by atoms with Crippen LogP contribution in [0.15, 0.2) is 30.3 Å². The van der Waals surface area contributed by atoms with Crippen LogP contribution in [0.5, 0.6) is 0 Å². The van der Waals surface area contributed by atoms with Gasteiger partial charge in [-0.05, 0) is 30.2 Å². The number of carbonyl (C=O) groups excluding carboxylic acids is 1. The normalized spacial score (nSPS) is 23.5. The number of nitrogens with zero attached hydrogens (tertiary/aromatic N) is 1. The zero-order valence-corrected chi connectivity index (χ0v) is 11.2. The molecule has 1 amide bonds. The van der Waals surface area contributed by atoms with Crippen molar-refractivity contribution in [3.8, 4) is 0 Å². The Morgan fingerprint density at radius 3 is 2.61 bits per heavy atom. The molecule has 3 atom stereocenters. The maximum Gasteiger partial charge on any atom is 0.239 e. The van der Waals surface area contributed by atoms with E-state index in [4.69, 9.17) is 5.73 Å². The highest BCUT2D eigenvalue weighted by molar-refractivity contribution is 5.81. The van der Waals surface area contributed by atoms with E-state index in [1.54, 1.807) is 4.90 Å². The van der Waals surface area contributed by atoms with Gasteiger partial charge in [0.25, 0.3) is 0 Å². The van der Waals surface area contributed by atoms with E-state index in [2.05, 4.69) is 6.92 Å². The lowest BCUT2D eigenvalue weighted by molar-refractivity contribution is -0.131. The summed E-state index contributed by atoms with van der Waals surface area (Å²) in [5.41, 5.74) is 7.11. The van der Waals surface area contributed by atoms with Crippen molar-refractivity contribution in [3.63, 3.8) is 0 Å². The lowest BCUT2D eigenvalue weighted by Gasteiger charge is -2.21. The average Bonchev–Trinajstić information content (AvgIpc) is 3.05. The third kappa shape index (κ3) is 3.33. The zero-order valence-electron chi connectivity index (χ0n) is 11.2. The number of benzene rings is 1. The molecule has 0 aliphatic heterocycles. The van der Waals surface area contributed by atoms with Crippen LogP contribution in [0.4, 0.5) is 0 Å². The van der Waals surface area contributed by atoms with Crippen molar-refractivity contribution in [3.05, 3.63) is 35.9 Å². The molecule has 98 valence electrons. The highest BCUT2D eigenvalue weighted by Crippen LogP contribution is 2.37. The Balaban J connectivity index is 1.84. The summed E-state index contributed by atoms with van der Waals surface area (Å²) in [6, 6.07) is 9.51. The molecule has 1 fully saturated rings. The van der Waals surface area contributed by atoms with E-state index in [0.717, 1.165) is 18.0 Å². The van der Waals surface area contributed by atoms with Crippen LogP contribution < -0.4 is 5.73 Å². The summed E-state index contributed by atoms with van der Waals surface area (Å²) in [6.07, 6.45) is 1.86. The molecule has 2 unspecified atom stereocenters. The number of likely N-dealkylation sites (N-methyl/N-ethyl adjacent to an activating group) is 1. The minimum atomic E-state index is -0.425. The number of carbonyl (C=O) groups is 1. The predicted octanol–water partition coefficient (Wildman–Crippen LogP) is 1.67. The van der Waals surface area contributed by atoms with Gasteiger partial charge < -0.3 is 10.6 Å². The van der Waals surface area contributed by atoms with Crippen molar-refractivity contribution >= 4 is 5.91 Å². The summed E-state index contributed by atoms with van der Waals surface area (Å²) in [5.74, 6) is 1.51. The van der Waals surface area contributed by atoms with Crippen molar-refractivity contribution < 1.29 is 4.79 Å². The Kier molecular flexibility index (Phi) is 4.02. The fraction of sp³-hybridized carbons (Fsp3) is 0.533. The second-order valence-corrected chi connectivity index (χ2v) is 5.49. The fourth-order valence-electron chi connectivity index (χ4n) is 2.33. The van der Waals surface area contributed by atoms with Gasteiger partial charge in [-0.2, -0.15) is 0 Å². The summed E-state index contributed by atoms with van der Waals surface area (Å²) in [6.45, 7) is 3.08. The van der Waals surface area contributed by atoms with Gasteiger partial charge in [0.2, 0.25) is 5.91 Å². The molecule has 2 N–H and O–H groups in total. The lowest BCUT2D eigenvalue weighted by atomic mass is 10.1. The smallest absolute Gasteiger partial charge is 0.239 e. The largest absolute Gasteiger partial charge is 0.344 e. The van der Waals surface area contributed by atoms with Gasteiger partial charge in [-0.1, -0.05) is 37.3 Å². The zero-order chi connectivity index (χ0) is 13.1. The van der Waals surface area contributed by atoms with Crippen molar-refractivity contribution in [2.24, 2.45) is 17.6 Å². The first-order valence-corrected chi connectivity index (χ1v) is 6.62. The van der Waals surface area contributed by atoms with E-state index in [0.29, 0.717) is 12.3 Å². The molecule has 1 aromatic rings. The van der Waals surface area contributed by atoms with Crippen LogP contribution in [0, 0.1) is 11.8 Å². The van der Waals surface area contributed by atoms with Crippen molar-refractivity contribution in [2.45, 2.75) is 25.8 Å². The second kappa shape index (κ2) is 5.53. The van der Waals surface area contributed by atoms with Gasteiger partial charge in [-0.3, -0.25) is 4.79 Å². The molecule has 0 heterocycles. The third-order valence-electron chi connectivity index (χ3n) is 3.78. The van der Waals surface area contributed by atoms with Crippen LogP contribution in [0.1, 0.15) is 18.9 Å². The molecule has 18 heavy (non-hydrogen) atoms. The average molecular weight is 246 g/mol. The van der Waals surface area contributed by atoms with Gasteiger partial charge >= 0.3 is 0 Å². The van der Waals surface area contributed by atoms with E-state index in [-0.39, 0.29) is 5.91 Å². The molecule has 1 aromatic carbocycles. The maximum atomic E-state index is 12.1. The molecule has 3 heteroatoms. The predicted molar refractivity (Wildman–Crippen MR) is 73.0 cm³/mol. The topological polar surface area (TPSA) is 46.3 Å². The number of rotatable bonds is 5. The molecular weight excluding hydrogens is 224 g/mol. The summed E-state index contributed by atoms with van der Waals surface area (Å²) >= 11 is 0. The van der Waals surface area contributed by atoms with Crippen LogP contribution in [0.3, 0.4) is 0 Å². The van der Waals surface area contributed by atoms with Gasteiger partial charge in [0.1, 0.15) is 0 Å². The van der Waals surface area contributed by atoms with E-state index >= 15 is 0 Å². The Hall–Kier alpha value is -1.35. The Morgan fingerprint density at radius 2 is 2.06 bits per heavy atom. The first-order chi connectivity index (χ1) is 8.58. The van der Waals surface area contributed by atoms with Crippen LogP contribution in [0.25, 0.3) is 0 Å². The highest BCUT2D eigenvalue weighted by atomic mass is 16.2. The number of hydrogen-bond acceptors (Lipinski definition) is 2. The Morgan fingerprint density at radius 1 is 1.44 bits per heavy atom. The molecule has 3 nitrogen and oxygen atoms in total. The first kappa shape index (κ1) is 13.1. The van der Waals surface area contributed by atoms with Gasteiger partial charge in [-0.25, -0.2) is 0 Å². The van der Waals surface area contributed by atoms with Crippen LogP contribution in [-0.4, -0.2) is 30.4 Å². The van der Waals surface area contributed by atoms with Crippen LogP contribution in [0.2, 0.25) is 0 Å². The minimum Gasteiger partial charge on any atom is -0.344 e. The first-order valence-electron chi connectivity index (χ1n) is 6.62. The molecule has 0 bridgehead atoms. The molecule has 0 aromatic heterocycles. The molecule has 0 spiro atoms. The Bertz CT molecular complexity index is 404. The van der Waals surface area contributed by atoms with Gasteiger partial charge in [0.05, 0.1) is 6.04 Å². The molecular formula is C15H22N2O. The Labute approximate surface area is 109 Å². The van der Waals surface area contributed by atoms with Crippen molar-refractivity contribution in [1.82, 2.24) is 4.90 Å². The SMILES string of the molecule is CC1CC1CN(C)C(=O)[C@@H](N)Cc1ccccc1. The third-order valence-corrected chi connectivity index (χ3v) is 3.78. The van der Waals surface area contributed by atoms with E-state index in [9.17, 15) is 4.79 Å². The molecule has 0 radical (unpaired) electrons. The molecule has 2 rings (SSSR count). The second-order valence-electron chi connectivity index (χ2n) is 5.49. The van der Waals surface area contributed by atoms with Gasteiger partial charge in [0.15, 0.2) is 0 Å². The van der Waals surface area contributed by atoms with E-state index in [1.807, 2.05) is 37.4 Å². The van der Waals surface area contributed by atoms with Crippen LogP contribution >= 0.6 is 0 Å². The number of amides is 1. The van der Waals surface area contributed by atoms with Gasteiger partial charge in [-0.15, -0.1) is 0 Å². The summed E-state index contributed by atoms with van der Waals surface area (Å²) < 4.78 is 0.